The Balaban J connectivity index is 1.83. The van der Waals surface area contributed by atoms with Crippen LogP contribution in [0.25, 0.3) is 50.8 Å². The molecule has 0 saturated carbocycles. The lowest BCUT2D eigenvalue weighted by Crippen LogP contribution is -2.19. The first kappa shape index (κ1) is 23.8. The second-order valence-corrected chi connectivity index (χ2v) is 8.70. The lowest BCUT2D eigenvalue weighted by Gasteiger charge is -2.15. The zero-order valence-electron chi connectivity index (χ0n) is 20.2. The molecule has 184 valence electrons. The zero-order chi connectivity index (χ0) is 26.3. The van der Waals surface area contributed by atoms with Gasteiger partial charge in [0.15, 0.2) is 0 Å². The molecule has 37 heavy (non-hydrogen) atoms. The number of hydrogen-bond donors (Lipinski definition) is 4. The smallest absolute Gasteiger partial charge is 0.265 e. The lowest BCUT2D eigenvalue weighted by atomic mass is 9.92. The Morgan fingerprint density at radius 2 is 1.89 bits per heavy atom. The molecule has 6 N–H and O–H groups in total. The molecule has 0 aliphatic rings. The van der Waals surface area contributed by atoms with E-state index in [1.54, 1.807) is 30.4 Å². The van der Waals surface area contributed by atoms with Gasteiger partial charge in [0.1, 0.15) is 6.33 Å². The summed E-state index contributed by atoms with van der Waals surface area (Å²) in [6.07, 6.45) is 4.81. The summed E-state index contributed by atoms with van der Waals surface area (Å²) < 4.78 is 1.53. The van der Waals surface area contributed by atoms with Gasteiger partial charge in [0, 0.05) is 22.3 Å². The number of nitrogens with zero attached hydrogens (tertiary/aromatic N) is 2. The van der Waals surface area contributed by atoms with E-state index in [0.717, 1.165) is 16.7 Å². The largest absolute Gasteiger partial charge is 0.400 e. The summed E-state index contributed by atoms with van der Waals surface area (Å²) in [6, 6.07) is 16.4. The third-order valence-electron chi connectivity index (χ3n) is 6.53. The minimum Gasteiger partial charge on any atom is -0.400 e. The normalized spacial score (nSPS) is 11.8. The second kappa shape index (κ2) is 9.25. The van der Waals surface area contributed by atoms with E-state index in [9.17, 15) is 14.7 Å². The number of fused-ring (bicyclic) bond motifs is 2. The fourth-order valence-electron chi connectivity index (χ4n) is 4.74. The molecule has 5 aromatic rings. The number of H-pyrrole nitrogens is 1. The molecule has 0 unspecified atom stereocenters. The van der Waals surface area contributed by atoms with E-state index in [1.807, 2.05) is 43.3 Å². The van der Waals surface area contributed by atoms with Gasteiger partial charge in [0.2, 0.25) is 0 Å². The average molecular weight is 492 g/mol. The van der Waals surface area contributed by atoms with Gasteiger partial charge in [-0.15, -0.1) is 0 Å². The van der Waals surface area contributed by atoms with Crippen molar-refractivity contribution in [2.75, 3.05) is 6.61 Å². The fourth-order valence-corrected chi connectivity index (χ4v) is 4.74. The third kappa shape index (κ3) is 3.89. The predicted octanol–water partition coefficient (Wildman–Crippen LogP) is 3.88. The molecule has 0 saturated heterocycles. The Labute approximate surface area is 212 Å². The van der Waals surface area contributed by atoms with Crippen molar-refractivity contribution >= 4 is 39.9 Å². The SMILES string of the molecule is C=Cc1[nH]c2c(C(N)=O)ccc(-c3cccc(-n4cnc5ccccc5c4=O)c3C)c2c1/C=C(\N)CO. The fraction of sp³-hybridized carbons (Fsp3) is 0.0690. The first-order chi connectivity index (χ1) is 17.8. The van der Waals surface area contributed by atoms with Crippen LogP contribution in [0.4, 0.5) is 0 Å². The average Bonchev–Trinajstić information content (AvgIpc) is 3.27. The van der Waals surface area contributed by atoms with Gasteiger partial charge in [0.05, 0.1) is 34.3 Å². The second-order valence-electron chi connectivity index (χ2n) is 8.70. The number of aromatic nitrogens is 3. The van der Waals surface area contributed by atoms with Crippen LogP contribution in [-0.2, 0) is 0 Å². The standard InChI is InChI=1S/C29H25N5O3/c1-3-23-22(13-17(30)14-35)26-19(11-12-21(28(31)36)27(26)33-23)18-8-6-10-25(16(18)2)34-15-32-24-9-5-4-7-20(24)29(34)37/h3-13,15,33,35H,1,14,30H2,2H3,(H2,31,36)/b17-13-. The number of primary amides is 1. The van der Waals surface area contributed by atoms with Crippen LogP contribution in [0, 0.1) is 6.92 Å². The number of hydrogen-bond acceptors (Lipinski definition) is 5. The van der Waals surface area contributed by atoms with Crippen molar-refractivity contribution in [3.63, 3.8) is 0 Å². The summed E-state index contributed by atoms with van der Waals surface area (Å²) in [5, 5.41) is 10.8. The molecule has 5 rings (SSSR count). The minimum absolute atomic E-state index is 0.171. The van der Waals surface area contributed by atoms with Crippen molar-refractivity contribution in [2.24, 2.45) is 11.5 Å². The van der Waals surface area contributed by atoms with Crippen LogP contribution in [0.5, 0.6) is 0 Å². The highest BCUT2D eigenvalue weighted by Gasteiger charge is 2.20. The van der Waals surface area contributed by atoms with Crippen molar-refractivity contribution < 1.29 is 9.90 Å². The molecule has 0 spiro atoms. The minimum atomic E-state index is -0.585. The van der Waals surface area contributed by atoms with Gasteiger partial charge in [-0.2, -0.15) is 0 Å². The van der Waals surface area contributed by atoms with Crippen LogP contribution in [0.1, 0.15) is 27.2 Å². The number of carbonyl (C=O) groups is 1. The first-order valence-electron chi connectivity index (χ1n) is 11.6. The number of rotatable bonds is 6. The van der Waals surface area contributed by atoms with E-state index in [2.05, 4.69) is 16.5 Å². The molecule has 1 amide bonds. The summed E-state index contributed by atoms with van der Waals surface area (Å²) in [5.41, 5.74) is 17.7. The highest BCUT2D eigenvalue weighted by atomic mass is 16.3. The highest BCUT2D eigenvalue weighted by molar-refractivity contribution is 6.13. The van der Waals surface area contributed by atoms with Crippen LogP contribution in [0.15, 0.2) is 78.0 Å². The Morgan fingerprint density at radius 3 is 2.62 bits per heavy atom. The summed E-state index contributed by atoms with van der Waals surface area (Å²) in [5.74, 6) is -0.585. The molecular formula is C29H25N5O3. The number of nitrogens with one attached hydrogen (secondary N) is 1. The predicted molar refractivity (Wildman–Crippen MR) is 147 cm³/mol. The van der Waals surface area contributed by atoms with Crippen molar-refractivity contribution in [1.82, 2.24) is 14.5 Å². The number of carbonyl (C=O) groups excluding carboxylic acids is 1. The molecule has 2 aromatic heterocycles. The molecular weight excluding hydrogens is 466 g/mol. The zero-order valence-corrected chi connectivity index (χ0v) is 20.2. The number of amides is 1. The summed E-state index contributed by atoms with van der Waals surface area (Å²) >= 11 is 0. The van der Waals surface area contributed by atoms with Gasteiger partial charge in [-0.3, -0.25) is 14.2 Å². The molecule has 0 aliphatic carbocycles. The van der Waals surface area contributed by atoms with Crippen LogP contribution in [0.2, 0.25) is 0 Å². The number of benzene rings is 3. The Bertz CT molecular complexity index is 1810. The Morgan fingerprint density at radius 1 is 1.11 bits per heavy atom. The first-order valence-corrected chi connectivity index (χ1v) is 11.6. The lowest BCUT2D eigenvalue weighted by molar-refractivity contribution is 0.100. The van der Waals surface area contributed by atoms with Gasteiger partial charge < -0.3 is 21.6 Å². The molecule has 0 fully saturated rings. The van der Waals surface area contributed by atoms with Crippen molar-refractivity contribution in [2.45, 2.75) is 6.92 Å². The molecule has 0 aliphatic heterocycles. The van der Waals surface area contributed by atoms with Gasteiger partial charge in [0.25, 0.3) is 11.5 Å². The highest BCUT2D eigenvalue weighted by Crippen LogP contribution is 2.38. The summed E-state index contributed by atoms with van der Waals surface area (Å²) in [4.78, 5) is 33.3. The van der Waals surface area contributed by atoms with E-state index < -0.39 is 5.91 Å². The van der Waals surface area contributed by atoms with Crippen LogP contribution in [0.3, 0.4) is 0 Å². The monoisotopic (exact) mass is 491 g/mol. The number of para-hydroxylation sites is 1. The number of aromatic amines is 1. The van der Waals surface area contributed by atoms with E-state index >= 15 is 0 Å². The van der Waals surface area contributed by atoms with Crippen LogP contribution < -0.4 is 17.0 Å². The Kier molecular flexibility index (Phi) is 5.95. The van der Waals surface area contributed by atoms with Crippen molar-refractivity contribution in [3.8, 4) is 16.8 Å². The quantitative estimate of drug-likeness (QED) is 0.285. The van der Waals surface area contributed by atoms with E-state index in [1.165, 1.54) is 10.9 Å². The number of aliphatic hydroxyl groups excluding tert-OH is 1. The maximum Gasteiger partial charge on any atom is 0.265 e. The molecule has 3 aromatic carbocycles. The van der Waals surface area contributed by atoms with Gasteiger partial charge in [-0.25, -0.2) is 4.98 Å². The van der Waals surface area contributed by atoms with E-state index in [0.29, 0.717) is 44.3 Å². The van der Waals surface area contributed by atoms with E-state index in [4.69, 9.17) is 11.5 Å². The van der Waals surface area contributed by atoms with Gasteiger partial charge >= 0.3 is 0 Å². The summed E-state index contributed by atoms with van der Waals surface area (Å²) in [7, 11) is 0. The molecule has 8 nitrogen and oxygen atoms in total. The summed E-state index contributed by atoms with van der Waals surface area (Å²) in [6.45, 7) is 5.47. The molecule has 0 bridgehead atoms. The number of aliphatic hydroxyl groups is 1. The van der Waals surface area contributed by atoms with Crippen LogP contribution in [-0.4, -0.2) is 32.2 Å². The molecule has 8 heteroatoms. The maximum atomic E-state index is 13.3. The van der Waals surface area contributed by atoms with Gasteiger partial charge in [-0.1, -0.05) is 36.9 Å². The molecule has 0 atom stereocenters. The van der Waals surface area contributed by atoms with Crippen molar-refractivity contribution in [3.05, 3.63) is 106 Å². The maximum absolute atomic E-state index is 13.3. The van der Waals surface area contributed by atoms with Gasteiger partial charge in [-0.05, 0) is 60.0 Å². The van der Waals surface area contributed by atoms with Crippen molar-refractivity contribution in [1.29, 1.82) is 0 Å². The van der Waals surface area contributed by atoms with Crippen LogP contribution >= 0.6 is 0 Å². The third-order valence-corrected chi connectivity index (χ3v) is 6.53. The topological polar surface area (TPSA) is 140 Å². The Hall–Kier alpha value is -4.95. The van der Waals surface area contributed by atoms with E-state index in [-0.39, 0.29) is 17.9 Å². The molecule has 0 radical (unpaired) electrons. The molecule has 2 heterocycles. The number of nitrogens with two attached hydrogens (primary N) is 2.